The Bertz CT molecular complexity index is 1300. The number of nitrogens with zero attached hydrogens (tertiary/aromatic N) is 4. The predicted octanol–water partition coefficient (Wildman–Crippen LogP) is 4.23. The van der Waals surface area contributed by atoms with E-state index in [1.807, 2.05) is 42.3 Å². The van der Waals surface area contributed by atoms with Crippen LogP contribution in [-0.4, -0.2) is 69.3 Å². The number of ether oxygens (including phenoxy) is 1. The fourth-order valence-electron chi connectivity index (χ4n) is 4.72. The summed E-state index contributed by atoms with van der Waals surface area (Å²) in [5.41, 5.74) is 5.94. The topological polar surface area (TPSA) is 87.9 Å². The first-order valence-electron chi connectivity index (χ1n) is 12.2. The number of benzene rings is 2. The zero-order valence-corrected chi connectivity index (χ0v) is 21.2. The van der Waals surface area contributed by atoms with Gasteiger partial charge in [-0.05, 0) is 49.4 Å². The van der Waals surface area contributed by atoms with Gasteiger partial charge in [0, 0.05) is 50.3 Å². The summed E-state index contributed by atoms with van der Waals surface area (Å²) in [6, 6.07) is 14.0. The molecule has 0 bridgehead atoms. The molecular weight excluding hydrogens is 501 g/mol. The Kier molecular flexibility index (Phi) is 8.05. The van der Waals surface area contributed by atoms with E-state index in [9.17, 15) is 18.0 Å². The molecular formula is C27H29F3N4O4. The van der Waals surface area contributed by atoms with Crippen molar-refractivity contribution in [1.82, 2.24) is 19.4 Å². The van der Waals surface area contributed by atoms with E-state index >= 15 is 0 Å². The SMILES string of the molecule is CCOc1ccc(C(=O)N2CCc3ncc(-c4cccc5c4CN(C)C5)n3CC2)cc1.O=C(O)C(F)(F)F. The van der Waals surface area contributed by atoms with Gasteiger partial charge in [-0.3, -0.25) is 9.69 Å². The number of aromatic nitrogens is 2. The van der Waals surface area contributed by atoms with Gasteiger partial charge in [0.2, 0.25) is 0 Å². The van der Waals surface area contributed by atoms with E-state index in [1.54, 1.807) is 0 Å². The third-order valence-corrected chi connectivity index (χ3v) is 6.50. The Morgan fingerprint density at radius 2 is 1.76 bits per heavy atom. The maximum Gasteiger partial charge on any atom is 0.490 e. The monoisotopic (exact) mass is 530 g/mol. The van der Waals surface area contributed by atoms with Crippen molar-refractivity contribution in [3.05, 3.63) is 71.2 Å². The Labute approximate surface area is 218 Å². The van der Waals surface area contributed by atoms with Gasteiger partial charge >= 0.3 is 12.1 Å². The van der Waals surface area contributed by atoms with Gasteiger partial charge in [0.25, 0.3) is 5.91 Å². The number of halogens is 3. The van der Waals surface area contributed by atoms with Gasteiger partial charge in [-0.25, -0.2) is 9.78 Å². The lowest BCUT2D eigenvalue weighted by atomic mass is 10.0. The Hall–Kier alpha value is -3.86. The molecule has 2 aliphatic heterocycles. The lowest BCUT2D eigenvalue weighted by Gasteiger charge is -2.20. The maximum atomic E-state index is 13.1. The van der Waals surface area contributed by atoms with Crippen LogP contribution in [-0.2, 0) is 30.8 Å². The van der Waals surface area contributed by atoms with E-state index in [2.05, 4.69) is 34.7 Å². The minimum atomic E-state index is -5.08. The van der Waals surface area contributed by atoms with Crippen LogP contribution in [0.1, 0.15) is 34.2 Å². The molecule has 0 saturated carbocycles. The second-order valence-corrected chi connectivity index (χ2v) is 9.13. The first-order chi connectivity index (χ1) is 18.1. The van der Waals surface area contributed by atoms with Crippen LogP contribution < -0.4 is 4.74 Å². The number of hydrogen-bond donors (Lipinski definition) is 1. The molecule has 11 heteroatoms. The highest BCUT2D eigenvalue weighted by atomic mass is 19.4. The Morgan fingerprint density at radius 3 is 2.42 bits per heavy atom. The lowest BCUT2D eigenvalue weighted by molar-refractivity contribution is -0.192. The number of rotatable bonds is 4. The molecule has 3 aromatic rings. The fraction of sp³-hybridized carbons (Fsp3) is 0.370. The number of fused-ring (bicyclic) bond motifs is 2. The molecule has 2 aromatic carbocycles. The largest absolute Gasteiger partial charge is 0.494 e. The number of alkyl halides is 3. The summed E-state index contributed by atoms with van der Waals surface area (Å²) in [6.07, 6.45) is -2.31. The van der Waals surface area contributed by atoms with Crippen LogP contribution in [0.4, 0.5) is 13.2 Å². The average molecular weight is 531 g/mol. The van der Waals surface area contributed by atoms with Gasteiger partial charge in [0.05, 0.1) is 18.5 Å². The molecule has 38 heavy (non-hydrogen) atoms. The number of carboxylic acids is 1. The number of hydrogen-bond acceptors (Lipinski definition) is 5. The smallest absolute Gasteiger partial charge is 0.490 e. The zero-order valence-electron chi connectivity index (χ0n) is 21.2. The third kappa shape index (κ3) is 5.99. The van der Waals surface area contributed by atoms with Crippen molar-refractivity contribution in [3.63, 3.8) is 0 Å². The van der Waals surface area contributed by atoms with E-state index in [0.717, 1.165) is 43.3 Å². The molecule has 5 rings (SSSR count). The van der Waals surface area contributed by atoms with E-state index in [0.29, 0.717) is 25.3 Å². The van der Waals surface area contributed by atoms with E-state index in [1.165, 1.54) is 16.7 Å². The van der Waals surface area contributed by atoms with Crippen LogP contribution >= 0.6 is 0 Å². The van der Waals surface area contributed by atoms with E-state index < -0.39 is 12.1 Å². The number of carbonyl (C=O) groups excluding carboxylic acids is 1. The molecule has 0 saturated heterocycles. The van der Waals surface area contributed by atoms with Gasteiger partial charge in [0.15, 0.2) is 0 Å². The second-order valence-electron chi connectivity index (χ2n) is 9.13. The minimum absolute atomic E-state index is 0.0672. The van der Waals surface area contributed by atoms with Crippen LogP contribution in [0, 0.1) is 0 Å². The molecule has 0 fully saturated rings. The summed E-state index contributed by atoms with van der Waals surface area (Å²) in [4.78, 5) is 31.0. The molecule has 0 unspecified atom stereocenters. The van der Waals surface area contributed by atoms with Crippen LogP contribution in [0.5, 0.6) is 5.75 Å². The van der Waals surface area contributed by atoms with Crippen molar-refractivity contribution >= 4 is 11.9 Å². The molecule has 0 aliphatic carbocycles. The van der Waals surface area contributed by atoms with Crippen molar-refractivity contribution in [2.45, 2.75) is 39.2 Å². The Morgan fingerprint density at radius 1 is 1.05 bits per heavy atom. The quantitative estimate of drug-likeness (QED) is 0.544. The summed E-state index contributed by atoms with van der Waals surface area (Å²) in [5, 5.41) is 7.12. The number of imidazole rings is 1. The summed E-state index contributed by atoms with van der Waals surface area (Å²) >= 11 is 0. The standard InChI is InChI=1S/C25H28N4O2.C2HF3O2/c1-3-31-20-9-7-18(8-10-20)25(30)28-12-11-24-26-15-23(29(24)14-13-28)21-6-4-5-19-16-27(2)17-22(19)21;3-2(4,5)1(6)7/h4-10,15H,3,11-14,16-17H2,1-2H3;(H,6,7). The maximum absolute atomic E-state index is 13.1. The first kappa shape index (κ1) is 27.2. The summed E-state index contributed by atoms with van der Waals surface area (Å²) in [7, 11) is 2.16. The minimum Gasteiger partial charge on any atom is -0.494 e. The van der Waals surface area contributed by atoms with Crippen molar-refractivity contribution in [2.75, 3.05) is 26.7 Å². The molecule has 0 spiro atoms. The van der Waals surface area contributed by atoms with Crippen LogP contribution in [0.25, 0.3) is 11.3 Å². The second kappa shape index (κ2) is 11.3. The lowest BCUT2D eigenvalue weighted by Crippen LogP contribution is -2.33. The third-order valence-electron chi connectivity index (χ3n) is 6.50. The van der Waals surface area contributed by atoms with Gasteiger partial charge in [-0.1, -0.05) is 18.2 Å². The molecule has 0 radical (unpaired) electrons. The van der Waals surface area contributed by atoms with Gasteiger partial charge in [0.1, 0.15) is 11.6 Å². The molecule has 2 aliphatic rings. The van der Waals surface area contributed by atoms with Crippen molar-refractivity contribution in [1.29, 1.82) is 0 Å². The number of carbonyl (C=O) groups is 2. The normalized spacial score (nSPS) is 15.1. The van der Waals surface area contributed by atoms with Crippen LogP contribution in [0.15, 0.2) is 48.7 Å². The highest BCUT2D eigenvalue weighted by Crippen LogP contribution is 2.33. The van der Waals surface area contributed by atoms with Gasteiger partial charge in [-0.2, -0.15) is 13.2 Å². The van der Waals surface area contributed by atoms with Crippen LogP contribution in [0.2, 0.25) is 0 Å². The highest BCUT2D eigenvalue weighted by Gasteiger charge is 2.38. The molecule has 1 amide bonds. The predicted molar refractivity (Wildman–Crippen MR) is 134 cm³/mol. The number of amides is 1. The molecule has 8 nitrogen and oxygen atoms in total. The van der Waals surface area contributed by atoms with Gasteiger partial charge < -0.3 is 19.3 Å². The molecule has 3 heterocycles. The Balaban J connectivity index is 0.000000426. The van der Waals surface area contributed by atoms with Crippen molar-refractivity contribution < 1.29 is 32.6 Å². The summed E-state index contributed by atoms with van der Waals surface area (Å²) < 4.78 is 39.5. The van der Waals surface area contributed by atoms with Crippen LogP contribution in [0.3, 0.4) is 0 Å². The fourth-order valence-corrected chi connectivity index (χ4v) is 4.72. The zero-order chi connectivity index (χ0) is 27.4. The highest BCUT2D eigenvalue weighted by molar-refractivity contribution is 5.94. The molecule has 202 valence electrons. The molecule has 1 aromatic heterocycles. The van der Waals surface area contributed by atoms with E-state index in [4.69, 9.17) is 19.6 Å². The van der Waals surface area contributed by atoms with Crippen molar-refractivity contribution in [2.24, 2.45) is 0 Å². The van der Waals surface area contributed by atoms with Crippen molar-refractivity contribution in [3.8, 4) is 17.0 Å². The summed E-state index contributed by atoms with van der Waals surface area (Å²) in [5.74, 6) is -0.841. The average Bonchev–Trinajstić information content (AvgIpc) is 3.39. The summed E-state index contributed by atoms with van der Waals surface area (Å²) in [6.45, 7) is 6.65. The number of aliphatic carboxylic acids is 1. The molecule has 0 atom stereocenters. The van der Waals surface area contributed by atoms with Gasteiger partial charge in [-0.15, -0.1) is 0 Å². The van der Waals surface area contributed by atoms with E-state index in [-0.39, 0.29) is 5.91 Å². The first-order valence-corrected chi connectivity index (χ1v) is 12.2. The molecule has 1 N–H and O–H groups in total. The number of carboxylic acid groups (broad SMARTS) is 1.